The molecule has 3 aliphatic carbocycles. The Morgan fingerprint density at radius 1 is 1.12 bits per heavy atom. The molecule has 0 amide bonds. The number of unbranched alkanes of at least 4 members (excludes halogenated alkanes) is 3. The fourth-order valence-electron chi connectivity index (χ4n) is 3.36. The lowest BCUT2D eigenvalue weighted by Gasteiger charge is -2.45. The topological polar surface area (TPSA) is 29.5 Å². The zero-order valence-electron chi connectivity index (χ0n) is 10.5. The molecule has 4 atom stereocenters. The summed E-state index contributed by atoms with van der Waals surface area (Å²) in [6.07, 6.45) is 10.1. The monoisotopic (exact) mass is 226 g/mol. The molecule has 0 aromatic heterocycles. The Labute approximate surface area is 99.4 Å². The summed E-state index contributed by atoms with van der Waals surface area (Å²) >= 11 is 0. The molecule has 0 aromatic rings. The minimum absolute atomic E-state index is 0.0758. The standard InChI is InChI=1S/C14H26O2/c1-2-3-4-5-8-16-14-10-11-6-7-12(14)13(15)9-11/h11-15H,2-10H2,1H3. The van der Waals surface area contributed by atoms with Crippen molar-refractivity contribution in [2.24, 2.45) is 11.8 Å². The summed E-state index contributed by atoms with van der Waals surface area (Å²) < 4.78 is 5.97. The van der Waals surface area contributed by atoms with E-state index < -0.39 is 0 Å². The van der Waals surface area contributed by atoms with Crippen LogP contribution in [-0.2, 0) is 4.74 Å². The van der Waals surface area contributed by atoms with Crippen molar-refractivity contribution < 1.29 is 9.84 Å². The quantitative estimate of drug-likeness (QED) is 0.705. The van der Waals surface area contributed by atoms with Crippen LogP contribution in [0.2, 0.25) is 0 Å². The van der Waals surface area contributed by atoms with Gasteiger partial charge in [-0.1, -0.05) is 26.2 Å². The highest BCUT2D eigenvalue weighted by molar-refractivity contribution is 4.92. The van der Waals surface area contributed by atoms with E-state index in [1.165, 1.54) is 44.9 Å². The van der Waals surface area contributed by atoms with Gasteiger partial charge >= 0.3 is 0 Å². The lowest BCUT2D eigenvalue weighted by molar-refractivity contribution is -0.111. The minimum atomic E-state index is -0.0758. The summed E-state index contributed by atoms with van der Waals surface area (Å²) in [5.41, 5.74) is 0. The molecule has 3 rings (SSSR count). The molecule has 0 saturated heterocycles. The number of aliphatic hydroxyl groups is 1. The third-order valence-corrected chi connectivity index (χ3v) is 4.35. The average molecular weight is 226 g/mol. The predicted octanol–water partition coefficient (Wildman–Crippen LogP) is 3.13. The lowest BCUT2D eigenvalue weighted by atomic mass is 9.67. The Morgan fingerprint density at radius 2 is 2.00 bits per heavy atom. The van der Waals surface area contributed by atoms with Crippen LogP contribution in [0.15, 0.2) is 0 Å². The van der Waals surface area contributed by atoms with E-state index >= 15 is 0 Å². The summed E-state index contributed by atoms with van der Waals surface area (Å²) in [5, 5.41) is 9.93. The van der Waals surface area contributed by atoms with Gasteiger partial charge < -0.3 is 9.84 Å². The van der Waals surface area contributed by atoms with Crippen molar-refractivity contribution in [3.8, 4) is 0 Å². The fraction of sp³-hybridized carbons (Fsp3) is 1.00. The summed E-state index contributed by atoms with van der Waals surface area (Å²) in [7, 11) is 0. The highest BCUT2D eigenvalue weighted by Gasteiger charge is 2.41. The van der Waals surface area contributed by atoms with E-state index in [9.17, 15) is 5.11 Å². The van der Waals surface area contributed by atoms with E-state index in [1.54, 1.807) is 0 Å². The summed E-state index contributed by atoms with van der Waals surface area (Å²) in [6.45, 7) is 3.14. The van der Waals surface area contributed by atoms with Crippen molar-refractivity contribution in [1.29, 1.82) is 0 Å². The first-order valence-corrected chi connectivity index (χ1v) is 7.11. The minimum Gasteiger partial charge on any atom is -0.393 e. The summed E-state index contributed by atoms with van der Waals surface area (Å²) in [6, 6.07) is 0. The van der Waals surface area contributed by atoms with Gasteiger partial charge in [-0.2, -0.15) is 0 Å². The Balaban J connectivity index is 1.66. The highest BCUT2D eigenvalue weighted by atomic mass is 16.5. The van der Waals surface area contributed by atoms with Gasteiger partial charge in [0.1, 0.15) is 0 Å². The van der Waals surface area contributed by atoms with Crippen LogP contribution in [0.25, 0.3) is 0 Å². The molecule has 3 fully saturated rings. The normalized spacial score (nSPS) is 37.9. The van der Waals surface area contributed by atoms with Gasteiger partial charge in [0, 0.05) is 12.5 Å². The van der Waals surface area contributed by atoms with Gasteiger partial charge in [0.25, 0.3) is 0 Å². The van der Waals surface area contributed by atoms with Gasteiger partial charge in [0.05, 0.1) is 12.2 Å². The maximum Gasteiger partial charge on any atom is 0.0630 e. The second-order valence-electron chi connectivity index (χ2n) is 5.62. The molecule has 2 bridgehead atoms. The molecule has 0 radical (unpaired) electrons. The van der Waals surface area contributed by atoms with Crippen LogP contribution >= 0.6 is 0 Å². The molecule has 16 heavy (non-hydrogen) atoms. The molecule has 4 unspecified atom stereocenters. The number of hydrogen-bond acceptors (Lipinski definition) is 2. The van der Waals surface area contributed by atoms with Gasteiger partial charge in [-0.05, 0) is 38.0 Å². The van der Waals surface area contributed by atoms with Crippen LogP contribution in [0.5, 0.6) is 0 Å². The number of fused-ring (bicyclic) bond motifs is 3. The number of hydrogen-bond donors (Lipinski definition) is 1. The molecule has 94 valence electrons. The van der Waals surface area contributed by atoms with Gasteiger partial charge in [-0.3, -0.25) is 0 Å². The fourth-order valence-corrected chi connectivity index (χ4v) is 3.36. The number of ether oxygens (including phenoxy) is 1. The van der Waals surface area contributed by atoms with E-state index in [4.69, 9.17) is 4.74 Å². The van der Waals surface area contributed by atoms with Crippen LogP contribution in [-0.4, -0.2) is 23.9 Å². The van der Waals surface area contributed by atoms with Gasteiger partial charge in [0.2, 0.25) is 0 Å². The van der Waals surface area contributed by atoms with E-state index in [0.29, 0.717) is 12.0 Å². The first-order chi connectivity index (χ1) is 7.81. The van der Waals surface area contributed by atoms with Crippen LogP contribution in [0.3, 0.4) is 0 Å². The molecule has 2 heteroatoms. The second kappa shape index (κ2) is 6.02. The predicted molar refractivity (Wildman–Crippen MR) is 65.3 cm³/mol. The van der Waals surface area contributed by atoms with E-state index in [1.807, 2.05) is 0 Å². The van der Waals surface area contributed by atoms with Crippen molar-refractivity contribution in [3.63, 3.8) is 0 Å². The largest absolute Gasteiger partial charge is 0.393 e. The third-order valence-electron chi connectivity index (χ3n) is 4.35. The molecule has 3 aliphatic rings. The molecule has 0 aliphatic heterocycles. The maximum atomic E-state index is 9.93. The molecule has 0 heterocycles. The first kappa shape index (κ1) is 12.4. The van der Waals surface area contributed by atoms with Crippen LogP contribution in [0.4, 0.5) is 0 Å². The lowest BCUT2D eigenvalue weighted by Crippen LogP contribution is -2.45. The van der Waals surface area contributed by atoms with Crippen molar-refractivity contribution in [2.75, 3.05) is 6.61 Å². The molecular formula is C14H26O2. The van der Waals surface area contributed by atoms with Crippen molar-refractivity contribution in [1.82, 2.24) is 0 Å². The maximum absolute atomic E-state index is 9.93. The van der Waals surface area contributed by atoms with Crippen molar-refractivity contribution in [2.45, 2.75) is 70.5 Å². The van der Waals surface area contributed by atoms with E-state index in [2.05, 4.69) is 6.92 Å². The highest BCUT2D eigenvalue weighted by Crippen LogP contribution is 2.42. The first-order valence-electron chi connectivity index (χ1n) is 7.11. The Morgan fingerprint density at radius 3 is 2.69 bits per heavy atom. The Kier molecular flexibility index (Phi) is 4.66. The summed E-state index contributed by atoms with van der Waals surface area (Å²) in [5.74, 6) is 1.18. The van der Waals surface area contributed by atoms with Crippen LogP contribution in [0.1, 0.15) is 58.3 Å². The van der Waals surface area contributed by atoms with Crippen LogP contribution < -0.4 is 0 Å². The number of rotatable bonds is 6. The molecule has 0 aromatic carbocycles. The molecule has 2 nitrogen and oxygen atoms in total. The van der Waals surface area contributed by atoms with E-state index in [-0.39, 0.29) is 6.10 Å². The SMILES string of the molecule is CCCCCCOC1CC2CCC1C(O)C2. The number of aliphatic hydroxyl groups excluding tert-OH is 1. The Bertz CT molecular complexity index is 205. The van der Waals surface area contributed by atoms with Gasteiger partial charge in [-0.15, -0.1) is 0 Å². The average Bonchev–Trinajstić information content (AvgIpc) is 2.29. The molecular weight excluding hydrogens is 200 g/mol. The Hall–Kier alpha value is -0.0800. The van der Waals surface area contributed by atoms with Gasteiger partial charge in [0.15, 0.2) is 0 Å². The molecule has 1 N–H and O–H groups in total. The van der Waals surface area contributed by atoms with E-state index in [0.717, 1.165) is 18.9 Å². The van der Waals surface area contributed by atoms with Gasteiger partial charge in [-0.25, -0.2) is 0 Å². The van der Waals surface area contributed by atoms with Crippen LogP contribution in [0, 0.1) is 11.8 Å². The summed E-state index contributed by atoms with van der Waals surface area (Å²) in [4.78, 5) is 0. The molecule has 0 spiro atoms. The molecule has 3 saturated carbocycles. The van der Waals surface area contributed by atoms with Crippen molar-refractivity contribution >= 4 is 0 Å². The van der Waals surface area contributed by atoms with Crippen molar-refractivity contribution in [3.05, 3.63) is 0 Å². The second-order valence-corrected chi connectivity index (χ2v) is 5.62. The third kappa shape index (κ3) is 2.98. The smallest absolute Gasteiger partial charge is 0.0630 e. The zero-order chi connectivity index (χ0) is 11.4. The zero-order valence-corrected chi connectivity index (χ0v) is 10.5.